The minimum Gasteiger partial charge on any atom is -0.508 e. The van der Waals surface area contributed by atoms with Gasteiger partial charge in [0.1, 0.15) is 5.75 Å². The molecule has 2 N–H and O–H groups in total. The van der Waals surface area contributed by atoms with Crippen molar-refractivity contribution in [1.82, 2.24) is 10.3 Å². The van der Waals surface area contributed by atoms with Gasteiger partial charge in [0.2, 0.25) is 0 Å². The summed E-state index contributed by atoms with van der Waals surface area (Å²) in [5, 5.41) is 14.2. The Kier molecular flexibility index (Phi) is 4.12. The van der Waals surface area contributed by atoms with Gasteiger partial charge in [0.05, 0.1) is 5.52 Å². The van der Waals surface area contributed by atoms with E-state index in [0.29, 0.717) is 12.3 Å². The lowest BCUT2D eigenvalue weighted by molar-refractivity contribution is 0.464. The summed E-state index contributed by atoms with van der Waals surface area (Å²) in [5.41, 5.74) is 3.24. The predicted octanol–water partition coefficient (Wildman–Crippen LogP) is 3.27. The van der Waals surface area contributed by atoms with E-state index in [-0.39, 0.29) is 0 Å². The third-order valence-corrected chi connectivity index (χ3v) is 3.57. The van der Waals surface area contributed by atoms with Gasteiger partial charge < -0.3 is 10.4 Å². The molecule has 2 aromatic carbocycles. The zero-order valence-corrected chi connectivity index (χ0v) is 11.8. The van der Waals surface area contributed by atoms with Crippen LogP contribution in [-0.4, -0.2) is 16.6 Å². The highest BCUT2D eigenvalue weighted by Gasteiger charge is 2.00. The van der Waals surface area contributed by atoms with E-state index < -0.39 is 0 Å². The molecule has 106 valence electrons. The molecule has 1 heterocycles. The molecule has 0 aliphatic rings. The fraction of sp³-hybridized carbons (Fsp3) is 0.167. The maximum Gasteiger partial charge on any atom is 0.120 e. The summed E-state index contributed by atoms with van der Waals surface area (Å²) in [4.78, 5) is 4.38. The lowest BCUT2D eigenvalue weighted by Crippen LogP contribution is -2.16. The van der Waals surface area contributed by atoms with Gasteiger partial charge in [0.25, 0.3) is 0 Å². The summed E-state index contributed by atoms with van der Waals surface area (Å²) in [5.74, 6) is 0.347. The number of rotatable bonds is 5. The van der Waals surface area contributed by atoms with Gasteiger partial charge in [-0.05, 0) is 36.7 Å². The first-order valence-electron chi connectivity index (χ1n) is 7.14. The van der Waals surface area contributed by atoms with E-state index in [1.807, 2.05) is 30.5 Å². The lowest BCUT2D eigenvalue weighted by Gasteiger charge is -2.07. The summed E-state index contributed by atoms with van der Waals surface area (Å²) >= 11 is 0. The van der Waals surface area contributed by atoms with E-state index in [9.17, 15) is 5.11 Å². The topological polar surface area (TPSA) is 45.1 Å². The molecule has 1 aromatic heterocycles. The predicted molar refractivity (Wildman–Crippen MR) is 85.3 cm³/mol. The average molecular weight is 278 g/mol. The molecule has 0 unspecified atom stereocenters. The SMILES string of the molecule is Oc1ccccc1CNCCc1ccc2cccnc2c1. The van der Waals surface area contributed by atoms with Crippen molar-refractivity contribution in [1.29, 1.82) is 0 Å². The second-order valence-electron chi connectivity index (χ2n) is 5.09. The molecular formula is C18H18N2O. The molecule has 0 atom stereocenters. The van der Waals surface area contributed by atoms with Crippen LogP contribution in [0.2, 0.25) is 0 Å². The van der Waals surface area contributed by atoms with Crippen molar-refractivity contribution < 1.29 is 5.11 Å². The number of pyridine rings is 1. The molecule has 0 aliphatic carbocycles. The zero-order chi connectivity index (χ0) is 14.5. The average Bonchev–Trinajstić information content (AvgIpc) is 2.53. The van der Waals surface area contributed by atoms with Crippen molar-refractivity contribution in [2.45, 2.75) is 13.0 Å². The van der Waals surface area contributed by atoms with Crippen molar-refractivity contribution in [2.24, 2.45) is 0 Å². The molecule has 0 spiro atoms. The summed E-state index contributed by atoms with van der Waals surface area (Å²) in [6.07, 6.45) is 2.77. The molecule has 0 fully saturated rings. The molecule has 0 radical (unpaired) electrons. The van der Waals surface area contributed by atoms with Crippen LogP contribution in [0.3, 0.4) is 0 Å². The van der Waals surface area contributed by atoms with Crippen LogP contribution in [0.25, 0.3) is 10.9 Å². The highest BCUT2D eigenvalue weighted by molar-refractivity contribution is 5.78. The molecule has 0 aliphatic heterocycles. The van der Waals surface area contributed by atoms with E-state index >= 15 is 0 Å². The van der Waals surface area contributed by atoms with Crippen LogP contribution >= 0.6 is 0 Å². The van der Waals surface area contributed by atoms with Crippen molar-refractivity contribution >= 4 is 10.9 Å². The summed E-state index contributed by atoms with van der Waals surface area (Å²) in [6, 6.07) is 17.8. The van der Waals surface area contributed by atoms with E-state index in [1.54, 1.807) is 6.07 Å². The number of aromatic nitrogens is 1. The van der Waals surface area contributed by atoms with Crippen LogP contribution in [-0.2, 0) is 13.0 Å². The summed E-state index contributed by atoms with van der Waals surface area (Å²) in [6.45, 7) is 1.55. The van der Waals surface area contributed by atoms with Gasteiger partial charge in [-0.2, -0.15) is 0 Å². The Morgan fingerprint density at radius 1 is 1.00 bits per heavy atom. The number of phenolic OH excluding ortho intramolecular Hbond substituents is 1. The van der Waals surface area contributed by atoms with Crippen LogP contribution < -0.4 is 5.32 Å². The van der Waals surface area contributed by atoms with Gasteiger partial charge in [0, 0.05) is 23.7 Å². The van der Waals surface area contributed by atoms with Crippen LogP contribution in [0.1, 0.15) is 11.1 Å². The summed E-state index contributed by atoms with van der Waals surface area (Å²) in [7, 11) is 0. The van der Waals surface area contributed by atoms with Gasteiger partial charge in [-0.15, -0.1) is 0 Å². The van der Waals surface area contributed by atoms with Crippen LogP contribution in [0.4, 0.5) is 0 Å². The third kappa shape index (κ3) is 3.38. The standard InChI is InChI=1S/C18H18N2O/c21-18-6-2-1-4-16(18)13-19-11-9-14-7-8-15-5-3-10-20-17(15)12-14/h1-8,10,12,19,21H,9,11,13H2. The quantitative estimate of drug-likeness (QED) is 0.704. The number of para-hydroxylation sites is 1. The number of nitrogens with one attached hydrogen (secondary N) is 1. The first-order chi connectivity index (χ1) is 10.3. The Labute approximate surface area is 124 Å². The third-order valence-electron chi connectivity index (χ3n) is 3.57. The molecule has 3 rings (SSSR count). The molecule has 3 aromatic rings. The van der Waals surface area contributed by atoms with E-state index in [2.05, 4.69) is 34.6 Å². The van der Waals surface area contributed by atoms with Gasteiger partial charge >= 0.3 is 0 Å². The van der Waals surface area contributed by atoms with Gasteiger partial charge in [-0.1, -0.05) is 36.4 Å². The Morgan fingerprint density at radius 2 is 1.90 bits per heavy atom. The van der Waals surface area contributed by atoms with Crippen molar-refractivity contribution in [2.75, 3.05) is 6.54 Å². The Morgan fingerprint density at radius 3 is 2.81 bits per heavy atom. The number of nitrogens with zero attached hydrogens (tertiary/aromatic N) is 1. The van der Waals surface area contributed by atoms with E-state index in [4.69, 9.17) is 0 Å². The molecule has 3 nitrogen and oxygen atoms in total. The smallest absolute Gasteiger partial charge is 0.120 e. The minimum absolute atomic E-state index is 0.347. The lowest BCUT2D eigenvalue weighted by atomic mass is 10.1. The number of hydrogen-bond acceptors (Lipinski definition) is 3. The largest absolute Gasteiger partial charge is 0.508 e. The monoisotopic (exact) mass is 278 g/mol. The molecule has 21 heavy (non-hydrogen) atoms. The summed E-state index contributed by atoms with van der Waals surface area (Å²) < 4.78 is 0. The van der Waals surface area contributed by atoms with Gasteiger partial charge in [0.15, 0.2) is 0 Å². The Bertz CT molecular complexity index is 740. The van der Waals surface area contributed by atoms with Crippen LogP contribution in [0.5, 0.6) is 5.75 Å². The second-order valence-corrected chi connectivity index (χ2v) is 5.09. The molecule has 0 amide bonds. The Balaban J connectivity index is 1.56. The number of benzene rings is 2. The number of aromatic hydroxyl groups is 1. The van der Waals surface area contributed by atoms with Crippen LogP contribution in [0.15, 0.2) is 60.8 Å². The first kappa shape index (κ1) is 13.6. The molecule has 0 saturated carbocycles. The van der Waals surface area contributed by atoms with Gasteiger partial charge in [-0.25, -0.2) is 0 Å². The van der Waals surface area contributed by atoms with Crippen molar-refractivity contribution in [3.63, 3.8) is 0 Å². The highest BCUT2D eigenvalue weighted by Crippen LogP contribution is 2.15. The number of hydrogen-bond donors (Lipinski definition) is 2. The maximum absolute atomic E-state index is 9.70. The molecular weight excluding hydrogens is 260 g/mol. The molecule has 0 saturated heterocycles. The maximum atomic E-state index is 9.70. The molecule has 0 bridgehead atoms. The van der Waals surface area contributed by atoms with E-state index in [0.717, 1.165) is 24.0 Å². The van der Waals surface area contributed by atoms with Crippen molar-refractivity contribution in [3.05, 3.63) is 71.9 Å². The minimum atomic E-state index is 0.347. The fourth-order valence-electron chi connectivity index (χ4n) is 2.38. The van der Waals surface area contributed by atoms with Crippen LogP contribution in [0, 0.1) is 0 Å². The normalized spacial score (nSPS) is 10.9. The molecule has 3 heteroatoms. The number of phenols is 1. The Hall–Kier alpha value is -2.39. The number of fused-ring (bicyclic) bond motifs is 1. The van der Waals surface area contributed by atoms with Gasteiger partial charge in [-0.3, -0.25) is 4.98 Å². The first-order valence-corrected chi connectivity index (χ1v) is 7.14. The second kappa shape index (κ2) is 6.37. The highest BCUT2D eigenvalue weighted by atomic mass is 16.3. The zero-order valence-electron chi connectivity index (χ0n) is 11.8. The van der Waals surface area contributed by atoms with Crippen molar-refractivity contribution in [3.8, 4) is 5.75 Å². The fourth-order valence-corrected chi connectivity index (χ4v) is 2.38. The van der Waals surface area contributed by atoms with E-state index in [1.165, 1.54) is 10.9 Å².